The molecule has 6 rings (SSSR count). The second kappa shape index (κ2) is 11.3. The summed E-state index contributed by atoms with van der Waals surface area (Å²) in [4.78, 5) is 8.49. The average molecular weight is 623 g/mol. The zero-order valence-corrected chi connectivity index (χ0v) is 26.0. The third kappa shape index (κ3) is 4.54. The van der Waals surface area contributed by atoms with Gasteiger partial charge in [-0.1, -0.05) is 19.3 Å². The summed E-state index contributed by atoms with van der Waals surface area (Å²) < 4.78 is 11.5. The molecule has 0 atom stereocenters. The third-order valence-corrected chi connectivity index (χ3v) is 12.7. The van der Waals surface area contributed by atoms with Gasteiger partial charge in [0.15, 0.2) is 0 Å². The summed E-state index contributed by atoms with van der Waals surface area (Å²) in [6.45, 7) is 0. The maximum Gasteiger partial charge on any atom is 0.138 e. The maximum absolute atomic E-state index is 9.23. The van der Waals surface area contributed by atoms with Crippen LogP contribution in [0.3, 0.4) is 0 Å². The first-order valence-electron chi connectivity index (χ1n) is 13.2. The van der Waals surface area contributed by atoms with Crippen LogP contribution >= 0.6 is 45.3 Å². The van der Waals surface area contributed by atoms with Gasteiger partial charge in [-0.05, 0) is 60.4 Å². The van der Waals surface area contributed by atoms with Crippen LogP contribution in [0.1, 0.15) is 53.0 Å². The van der Waals surface area contributed by atoms with Crippen molar-refractivity contribution in [3.8, 4) is 65.0 Å². The molecule has 4 aromatic rings. The van der Waals surface area contributed by atoms with E-state index in [4.69, 9.17) is 9.47 Å². The minimum absolute atomic E-state index is 0.0313. The van der Waals surface area contributed by atoms with E-state index in [1.165, 1.54) is 62.8 Å². The van der Waals surface area contributed by atoms with Gasteiger partial charge in [0.25, 0.3) is 0 Å². The van der Waals surface area contributed by atoms with Crippen LogP contribution in [0.25, 0.3) is 41.4 Å². The minimum atomic E-state index is -0.0313. The predicted molar refractivity (Wildman–Crippen MR) is 170 cm³/mol. The van der Waals surface area contributed by atoms with E-state index in [-0.39, 0.29) is 16.6 Å². The van der Waals surface area contributed by atoms with Crippen LogP contribution in [0.2, 0.25) is 0 Å². The number of methoxy groups -OCH3 is 2. The van der Waals surface area contributed by atoms with E-state index in [2.05, 4.69) is 12.1 Å². The molecule has 0 bridgehead atoms. The fourth-order valence-electron chi connectivity index (χ4n) is 5.93. The Bertz CT molecular complexity index is 1780. The molecule has 2 aliphatic rings. The van der Waals surface area contributed by atoms with Crippen molar-refractivity contribution in [3.63, 3.8) is 0 Å². The number of thiophene rings is 4. The molecule has 0 amide bonds. The highest BCUT2D eigenvalue weighted by Crippen LogP contribution is 2.63. The second-order valence-corrected chi connectivity index (χ2v) is 14.3. The van der Waals surface area contributed by atoms with Gasteiger partial charge in [0.2, 0.25) is 0 Å². The fraction of sp³-hybridized carbons (Fsp3) is 0.250. The number of fused-ring (bicyclic) bond motifs is 5. The molecule has 4 aromatic heterocycles. The summed E-state index contributed by atoms with van der Waals surface area (Å²) in [5, 5.41) is 36.9. The molecule has 0 aromatic carbocycles. The van der Waals surface area contributed by atoms with E-state index >= 15 is 0 Å². The normalized spacial score (nSPS) is 14.0. The Morgan fingerprint density at radius 1 is 0.643 bits per heavy atom. The van der Waals surface area contributed by atoms with Crippen molar-refractivity contribution < 1.29 is 9.47 Å². The van der Waals surface area contributed by atoms with E-state index in [1.807, 2.05) is 36.4 Å². The van der Waals surface area contributed by atoms with Crippen LogP contribution in [0.4, 0.5) is 0 Å². The van der Waals surface area contributed by atoms with Gasteiger partial charge in [-0.3, -0.25) is 0 Å². The number of hydrogen-bond acceptors (Lipinski definition) is 10. The molecule has 1 saturated carbocycles. The number of nitriles is 4. The highest BCUT2D eigenvalue weighted by Gasteiger charge is 2.47. The largest absolute Gasteiger partial charge is 0.495 e. The Balaban J connectivity index is 1.48. The zero-order valence-electron chi connectivity index (χ0n) is 22.7. The van der Waals surface area contributed by atoms with E-state index in [0.717, 1.165) is 53.6 Å². The molecular formula is C32H22N4O2S4. The minimum Gasteiger partial charge on any atom is -0.495 e. The van der Waals surface area contributed by atoms with Crippen LogP contribution in [0, 0.1) is 45.3 Å². The molecule has 4 heterocycles. The highest BCUT2D eigenvalue weighted by molar-refractivity contribution is 7.29. The number of allylic oxidation sites excluding steroid dienone is 2. The number of ether oxygens (including phenoxy) is 2. The molecule has 0 saturated heterocycles. The van der Waals surface area contributed by atoms with Crippen molar-refractivity contribution in [2.45, 2.75) is 37.5 Å². The SMILES string of the molecule is COc1cc(C=C(C#N)C#N)sc1-c1cc2c(s1)-c1sc(-c3sc(C=C(C#N)C#N)cc3OC)cc1C21CCCCC1. The molecule has 10 heteroatoms. The van der Waals surface area contributed by atoms with Crippen molar-refractivity contribution in [3.05, 3.63) is 56.3 Å². The Kier molecular flexibility index (Phi) is 7.50. The molecule has 2 aliphatic carbocycles. The fourth-order valence-corrected chi connectivity index (χ4v) is 11.0. The summed E-state index contributed by atoms with van der Waals surface area (Å²) in [5.74, 6) is 1.48. The number of rotatable bonds is 6. The van der Waals surface area contributed by atoms with Gasteiger partial charge in [-0.2, -0.15) is 21.0 Å². The summed E-state index contributed by atoms with van der Waals surface area (Å²) in [6, 6.07) is 16.2. The average Bonchev–Trinajstić information content (AvgIpc) is 3.83. The van der Waals surface area contributed by atoms with Crippen LogP contribution in [-0.4, -0.2) is 14.2 Å². The third-order valence-electron chi connectivity index (χ3n) is 7.79. The lowest BCUT2D eigenvalue weighted by Crippen LogP contribution is -2.27. The zero-order chi connectivity index (χ0) is 29.4. The molecule has 0 aliphatic heterocycles. The van der Waals surface area contributed by atoms with E-state index in [1.54, 1.807) is 49.0 Å². The van der Waals surface area contributed by atoms with Crippen molar-refractivity contribution in [2.24, 2.45) is 0 Å². The van der Waals surface area contributed by atoms with Gasteiger partial charge in [0.1, 0.15) is 46.9 Å². The van der Waals surface area contributed by atoms with Crippen LogP contribution in [0.15, 0.2) is 35.4 Å². The quantitative estimate of drug-likeness (QED) is 0.198. The molecule has 206 valence electrons. The molecule has 0 radical (unpaired) electrons. The van der Waals surface area contributed by atoms with Crippen LogP contribution in [0.5, 0.6) is 11.5 Å². The van der Waals surface area contributed by atoms with Gasteiger partial charge in [-0.15, -0.1) is 45.3 Å². The molecule has 1 fully saturated rings. The molecule has 6 nitrogen and oxygen atoms in total. The highest BCUT2D eigenvalue weighted by atomic mass is 32.1. The topological polar surface area (TPSA) is 114 Å². The van der Waals surface area contributed by atoms with Gasteiger partial charge in [0.05, 0.1) is 24.0 Å². The van der Waals surface area contributed by atoms with Gasteiger partial charge < -0.3 is 9.47 Å². The van der Waals surface area contributed by atoms with Gasteiger partial charge in [-0.25, -0.2) is 0 Å². The Morgan fingerprint density at radius 2 is 1.07 bits per heavy atom. The van der Waals surface area contributed by atoms with Crippen molar-refractivity contribution in [1.82, 2.24) is 0 Å². The van der Waals surface area contributed by atoms with Crippen LogP contribution in [-0.2, 0) is 5.41 Å². The predicted octanol–water partition coefficient (Wildman–Crippen LogP) is 9.38. The molecule has 1 spiro atoms. The summed E-state index contributed by atoms with van der Waals surface area (Å²) in [7, 11) is 3.30. The number of nitrogens with zero attached hydrogens (tertiary/aromatic N) is 4. The van der Waals surface area contributed by atoms with Crippen molar-refractivity contribution >= 4 is 57.5 Å². The summed E-state index contributed by atoms with van der Waals surface area (Å²) in [5.41, 5.74) is 2.89. The Morgan fingerprint density at radius 3 is 1.45 bits per heavy atom. The summed E-state index contributed by atoms with van der Waals surface area (Å²) >= 11 is 6.62. The second-order valence-electron chi connectivity index (χ2n) is 10.0. The summed E-state index contributed by atoms with van der Waals surface area (Å²) in [6.07, 6.45) is 9.03. The molecular weight excluding hydrogens is 601 g/mol. The van der Waals surface area contributed by atoms with Crippen LogP contribution < -0.4 is 9.47 Å². The lowest BCUT2D eigenvalue weighted by atomic mass is 9.68. The van der Waals surface area contributed by atoms with E-state index < -0.39 is 0 Å². The van der Waals surface area contributed by atoms with E-state index in [0.29, 0.717) is 0 Å². The van der Waals surface area contributed by atoms with Gasteiger partial charge in [0, 0.05) is 34.7 Å². The molecule has 42 heavy (non-hydrogen) atoms. The lowest BCUT2D eigenvalue weighted by Gasteiger charge is -2.34. The first-order valence-corrected chi connectivity index (χ1v) is 16.4. The van der Waals surface area contributed by atoms with E-state index in [9.17, 15) is 21.0 Å². The Labute approximate surface area is 259 Å². The van der Waals surface area contributed by atoms with Gasteiger partial charge >= 0.3 is 0 Å². The Hall–Kier alpha value is -4.16. The first-order chi connectivity index (χ1) is 20.5. The smallest absolute Gasteiger partial charge is 0.138 e. The lowest BCUT2D eigenvalue weighted by molar-refractivity contribution is 0.353. The van der Waals surface area contributed by atoms with Crippen molar-refractivity contribution in [1.29, 1.82) is 21.0 Å². The molecule has 0 N–H and O–H groups in total. The van der Waals surface area contributed by atoms with Crippen molar-refractivity contribution in [2.75, 3.05) is 14.2 Å². The molecule has 0 unspecified atom stereocenters. The number of hydrogen-bond donors (Lipinski definition) is 0. The maximum atomic E-state index is 9.23. The standard InChI is InChI=1S/C32H22N4O2S4/c1-37-24-10-20(8-18(14-33)15-34)39-30(24)26-12-22-28(41-26)29-23(32(22)6-4-3-5-7-32)13-27(42-29)31-25(38-2)11-21(40-31)9-19(16-35)17-36/h8-13H,3-7H2,1-2H3. The monoisotopic (exact) mass is 622 g/mol. The first kappa shape index (κ1) is 28.0.